The number of carbonyl (C=O) groups is 1. The van der Waals surface area contributed by atoms with Crippen molar-refractivity contribution in [3.63, 3.8) is 0 Å². The van der Waals surface area contributed by atoms with E-state index in [2.05, 4.69) is 41.0 Å². The number of hydrogen-bond acceptors (Lipinski definition) is 4. The Balaban J connectivity index is 1.46. The molecule has 150 valence electrons. The molecule has 2 aromatic carbocycles. The molecule has 5 nitrogen and oxygen atoms in total. The van der Waals surface area contributed by atoms with E-state index in [1.165, 1.54) is 11.1 Å². The Morgan fingerprint density at radius 1 is 1.04 bits per heavy atom. The minimum Gasteiger partial charge on any atom is -0.496 e. The molecule has 1 fully saturated rings. The fourth-order valence-corrected chi connectivity index (χ4v) is 3.63. The number of hydrogen-bond donors (Lipinski definition) is 0. The molecule has 0 aliphatic carbocycles. The van der Waals surface area contributed by atoms with Crippen molar-refractivity contribution in [2.24, 2.45) is 0 Å². The van der Waals surface area contributed by atoms with Crippen molar-refractivity contribution >= 4 is 5.91 Å². The molecule has 5 heteroatoms. The van der Waals surface area contributed by atoms with Crippen LogP contribution in [-0.4, -0.2) is 67.5 Å². The first kappa shape index (κ1) is 20.4. The van der Waals surface area contributed by atoms with Crippen molar-refractivity contribution in [3.8, 4) is 5.75 Å². The molecule has 0 atom stereocenters. The molecule has 0 saturated carbocycles. The number of ether oxygens (including phenoxy) is 1. The molecule has 1 aliphatic rings. The lowest BCUT2D eigenvalue weighted by molar-refractivity contribution is -0.132. The molecule has 1 heterocycles. The molecule has 0 N–H and O–H groups in total. The van der Waals surface area contributed by atoms with Crippen LogP contribution in [0.25, 0.3) is 0 Å². The van der Waals surface area contributed by atoms with E-state index in [0.29, 0.717) is 13.1 Å². The third-order valence-corrected chi connectivity index (χ3v) is 5.34. The number of aryl methyl sites for hydroxylation is 1. The van der Waals surface area contributed by atoms with Gasteiger partial charge in [0, 0.05) is 51.9 Å². The zero-order valence-electron chi connectivity index (χ0n) is 17.2. The molecule has 2 aromatic rings. The molecule has 1 saturated heterocycles. The molecule has 0 aromatic heterocycles. The van der Waals surface area contributed by atoms with E-state index < -0.39 is 0 Å². The topological polar surface area (TPSA) is 36.0 Å². The maximum Gasteiger partial charge on any atom is 0.236 e. The number of piperazine rings is 1. The van der Waals surface area contributed by atoms with Gasteiger partial charge in [-0.05, 0) is 18.6 Å². The van der Waals surface area contributed by atoms with Crippen LogP contribution >= 0.6 is 0 Å². The second-order valence-electron chi connectivity index (χ2n) is 7.60. The summed E-state index contributed by atoms with van der Waals surface area (Å²) in [6.07, 6.45) is 0. The lowest BCUT2D eigenvalue weighted by Crippen LogP contribution is -2.49. The van der Waals surface area contributed by atoms with Crippen LogP contribution in [-0.2, 0) is 17.9 Å². The summed E-state index contributed by atoms with van der Waals surface area (Å²) in [6, 6.07) is 16.5. The zero-order valence-corrected chi connectivity index (χ0v) is 17.2. The number of nitrogens with zero attached hydrogens (tertiary/aromatic N) is 3. The van der Waals surface area contributed by atoms with Gasteiger partial charge in [-0.2, -0.15) is 0 Å². The molecule has 1 amide bonds. The standard InChI is InChI=1S/C23H31N3O2/c1-19-9-10-22(28-3)21(15-19)17-25-11-13-26(14-12-25)18-23(27)24(2)16-20-7-5-4-6-8-20/h4-10,15H,11-14,16-18H2,1-3H3. The summed E-state index contributed by atoms with van der Waals surface area (Å²) in [4.78, 5) is 19.1. The Kier molecular flexibility index (Phi) is 7.06. The Labute approximate surface area is 168 Å². The molecule has 0 unspecified atom stereocenters. The highest BCUT2D eigenvalue weighted by Gasteiger charge is 2.21. The van der Waals surface area contributed by atoms with E-state index in [-0.39, 0.29) is 5.91 Å². The number of amides is 1. The highest BCUT2D eigenvalue weighted by atomic mass is 16.5. The minimum atomic E-state index is 0.178. The Morgan fingerprint density at radius 2 is 1.71 bits per heavy atom. The van der Waals surface area contributed by atoms with Gasteiger partial charge in [-0.15, -0.1) is 0 Å². The van der Waals surface area contributed by atoms with E-state index in [1.54, 1.807) is 7.11 Å². The van der Waals surface area contributed by atoms with Crippen molar-refractivity contribution in [1.82, 2.24) is 14.7 Å². The molecule has 28 heavy (non-hydrogen) atoms. The summed E-state index contributed by atoms with van der Waals surface area (Å²) in [5.41, 5.74) is 3.64. The summed E-state index contributed by atoms with van der Waals surface area (Å²) in [5, 5.41) is 0. The summed E-state index contributed by atoms with van der Waals surface area (Å²) < 4.78 is 5.50. The first-order chi connectivity index (χ1) is 13.5. The van der Waals surface area contributed by atoms with Crippen molar-refractivity contribution in [2.45, 2.75) is 20.0 Å². The maximum absolute atomic E-state index is 12.6. The lowest BCUT2D eigenvalue weighted by Gasteiger charge is -2.35. The Hall–Kier alpha value is -2.37. The van der Waals surface area contributed by atoms with Crippen molar-refractivity contribution in [1.29, 1.82) is 0 Å². The van der Waals surface area contributed by atoms with Crippen LogP contribution in [0.3, 0.4) is 0 Å². The van der Waals surface area contributed by atoms with Crippen molar-refractivity contribution in [2.75, 3.05) is 46.9 Å². The number of likely N-dealkylation sites (N-methyl/N-ethyl adjacent to an activating group) is 1. The molecule has 3 rings (SSSR count). The second kappa shape index (κ2) is 9.71. The minimum absolute atomic E-state index is 0.178. The van der Waals surface area contributed by atoms with E-state index in [4.69, 9.17) is 4.74 Å². The van der Waals surface area contributed by atoms with Crippen LogP contribution in [0.5, 0.6) is 5.75 Å². The first-order valence-electron chi connectivity index (χ1n) is 9.91. The SMILES string of the molecule is COc1ccc(C)cc1CN1CCN(CC(=O)N(C)Cc2ccccc2)CC1. The van der Waals surface area contributed by atoms with Crippen LogP contribution in [0.4, 0.5) is 0 Å². The van der Waals surface area contributed by atoms with Gasteiger partial charge in [-0.3, -0.25) is 14.6 Å². The average molecular weight is 382 g/mol. The smallest absolute Gasteiger partial charge is 0.236 e. The monoisotopic (exact) mass is 381 g/mol. The number of carbonyl (C=O) groups excluding carboxylic acids is 1. The van der Waals surface area contributed by atoms with Crippen LogP contribution in [0.15, 0.2) is 48.5 Å². The van der Waals surface area contributed by atoms with Crippen LogP contribution in [0.2, 0.25) is 0 Å². The van der Waals surface area contributed by atoms with Crippen molar-refractivity contribution < 1.29 is 9.53 Å². The lowest BCUT2D eigenvalue weighted by atomic mass is 10.1. The summed E-state index contributed by atoms with van der Waals surface area (Å²) in [5.74, 6) is 1.13. The number of rotatable bonds is 7. The summed E-state index contributed by atoms with van der Waals surface area (Å²) in [6.45, 7) is 7.91. The van der Waals surface area contributed by atoms with Gasteiger partial charge in [0.2, 0.25) is 5.91 Å². The highest BCUT2D eigenvalue weighted by molar-refractivity contribution is 5.78. The largest absolute Gasteiger partial charge is 0.496 e. The fourth-order valence-electron chi connectivity index (χ4n) is 3.63. The third-order valence-electron chi connectivity index (χ3n) is 5.34. The van der Waals surface area contributed by atoms with Crippen LogP contribution < -0.4 is 4.74 Å². The molecule has 1 aliphatic heterocycles. The Morgan fingerprint density at radius 3 is 2.39 bits per heavy atom. The van der Waals surface area contributed by atoms with Gasteiger partial charge in [-0.25, -0.2) is 0 Å². The van der Waals surface area contributed by atoms with Crippen molar-refractivity contribution in [3.05, 3.63) is 65.2 Å². The van der Waals surface area contributed by atoms with Gasteiger partial charge in [0.1, 0.15) is 5.75 Å². The molecule has 0 spiro atoms. The third kappa shape index (κ3) is 5.57. The predicted molar refractivity (Wildman–Crippen MR) is 112 cm³/mol. The number of benzene rings is 2. The van der Waals surface area contributed by atoms with Crippen LogP contribution in [0, 0.1) is 6.92 Å². The van der Waals surface area contributed by atoms with Gasteiger partial charge in [0.25, 0.3) is 0 Å². The summed E-state index contributed by atoms with van der Waals surface area (Å²) >= 11 is 0. The van der Waals surface area contributed by atoms with E-state index in [0.717, 1.165) is 44.0 Å². The highest BCUT2D eigenvalue weighted by Crippen LogP contribution is 2.22. The predicted octanol–water partition coefficient (Wildman–Crippen LogP) is 2.78. The molecular weight excluding hydrogens is 350 g/mol. The van der Waals surface area contributed by atoms with Gasteiger partial charge in [0.05, 0.1) is 13.7 Å². The van der Waals surface area contributed by atoms with Gasteiger partial charge in [-0.1, -0.05) is 48.0 Å². The average Bonchev–Trinajstić information content (AvgIpc) is 2.70. The van der Waals surface area contributed by atoms with Gasteiger partial charge < -0.3 is 9.64 Å². The van der Waals surface area contributed by atoms with Gasteiger partial charge >= 0.3 is 0 Å². The fraction of sp³-hybridized carbons (Fsp3) is 0.435. The second-order valence-corrected chi connectivity index (χ2v) is 7.60. The molecular formula is C23H31N3O2. The Bertz CT molecular complexity index is 771. The van der Waals surface area contributed by atoms with Crippen LogP contribution in [0.1, 0.15) is 16.7 Å². The van der Waals surface area contributed by atoms with E-state index >= 15 is 0 Å². The van der Waals surface area contributed by atoms with E-state index in [9.17, 15) is 4.79 Å². The first-order valence-corrected chi connectivity index (χ1v) is 9.91. The maximum atomic E-state index is 12.6. The summed E-state index contributed by atoms with van der Waals surface area (Å²) in [7, 11) is 3.61. The molecule has 0 bridgehead atoms. The van der Waals surface area contributed by atoms with Gasteiger partial charge in [0.15, 0.2) is 0 Å². The number of methoxy groups -OCH3 is 1. The zero-order chi connectivity index (χ0) is 19.9. The normalized spacial score (nSPS) is 15.4. The quantitative estimate of drug-likeness (QED) is 0.739. The molecule has 0 radical (unpaired) electrons. The van der Waals surface area contributed by atoms with E-state index in [1.807, 2.05) is 36.2 Å².